The second-order valence-electron chi connectivity index (χ2n) is 4.18. The molecule has 0 N–H and O–H groups in total. The van der Waals surface area contributed by atoms with Crippen molar-refractivity contribution in [2.75, 3.05) is 6.61 Å². The van der Waals surface area contributed by atoms with Crippen LogP contribution in [0.1, 0.15) is 27.7 Å². The van der Waals surface area contributed by atoms with Crippen LogP contribution in [0.2, 0.25) is 0 Å². The summed E-state index contributed by atoms with van der Waals surface area (Å²) in [4.78, 5) is 21.7. The lowest BCUT2D eigenvalue weighted by Gasteiger charge is -2.38. The summed E-state index contributed by atoms with van der Waals surface area (Å²) in [5.74, 6) is -0.586. The Hall–Kier alpha value is -1.10. The molecule has 0 aromatic carbocycles. The number of ether oxygens (including phenoxy) is 3. The van der Waals surface area contributed by atoms with Crippen molar-refractivity contribution in [3.8, 4) is 0 Å². The van der Waals surface area contributed by atoms with E-state index in [0.717, 1.165) is 0 Å². The van der Waals surface area contributed by atoms with E-state index in [0.29, 0.717) is 0 Å². The van der Waals surface area contributed by atoms with E-state index in [1.54, 1.807) is 0 Å². The van der Waals surface area contributed by atoms with Gasteiger partial charge in [-0.05, 0) is 0 Å². The summed E-state index contributed by atoms with van der Waals surface area (Å²) in [5, 5.41) is 0. The van der Waals surface area contributed by atoms with Gasteiger partial charge in [-0.1, -0.05) is 13.8 Å². The Morgan fingerprint density at radius 2 is 1.62 bits per heavy atom. The van der Waals surface area contributed by atoms with Gasteiger partial charge in [0, 0.05) is 25.7 Å². The van der Waals surface area contributed by atoms with Crippen LogP contribution in [-0.4, -0.2) is 30.9 Å². The zero-order chi connectivity index (χ0) is 12.3. The van der Waals surface area contributed by atoms with Gasteiger partial charge in [0.1, 0.15) is 6.10 Å². The SMILES string of the molecule is CC(=O)OC1OC[C@H](OC(C)=O)[C@@H](C)[C@H]1C. The van der Waals surface area contributed by atoms with Gasteiger partial charge in [0.05, 0.1) is 6.61 Å². The van der Waals surface area contributed by atoms with E-state index in [1.165, 1.54) is 13.8 Å². The van der Waals surface area contributed by atoms with Gasteiger partial charge < -0.3 is 14.2 Å². The van der Waals surface area contributed by atoms with Crippen LogP contribution in [0, 0.1) is 11.8 Å². The summed E-state index contributed by atoms with van der Waals surface area (Å²) >= 11 is 0. The predicted molar refractivity (Wildman–Crippen MR) is 55.4 cm³/mol. The number of rotatable bonds is 2. The van der Waals surface area contributed by atoms with Crippen LogP contribution in [0.3, 0.4) is 0 Å². The Balaban J connectivity index is 2.57. The van der Waals surface area contributed by atoms with Crippen molar-refractivity contribution in [3.63, 3.8) is 0 Å². The molecule has 92 valence electrons. The Kier molecular flexibility index (Phi) is 4.29. The van der Waals surface area contributed by atoms with E-state index >= 15 is 0 Å². The summed E-state index contributed by atoms with van der Waals surface area (Å²) < 4.78 is 15.5. The monoisotopic (exact) mass is 230 g/mol. The van der Waals surface area contributed by atoms with Crippen LogP contribution in [-0.2, 0) is 23.8 Å². The van der Waals surface area contributed by atoms with Crippen molar-refractivity contribution in [1.29, 1.82) is 0 Å². The van der Waals surface area contributed by atoms with Crippen molar-refractivity contribution in [2.24, 2.45) is 11.8 Å². The fourth-order valence-electron chi connectivity index (χ4n) is 1.74. The highest BCUT2D eigenvalue weighted by atomic mass is 16.7. The molecule has 5 nitrogen and oxygen atoms in total. The van der Waals surface area contributed by atoms with Crippen LogP contribution >= 0.6 is 0 Å². The Bertz CT molecular complexity index is 248. The molecule has 5 heteroatoms. The molecule has 0 bridgehead atoms. The lowest BCUT2D eigenvalue weighted by atomic mass is 9.88. The van der Waals surface area contributed by atoms with Crippen molar-refractivity contribution < 1.29 is 23.8 Å². The summed E-state index contributed by atoms with van der Waals surface area (Å²) in [6.07, 6.45) is -0.807. The normalized spacial score (nSPS) is 34.2. The van der Waals surface area contributed by atoms with Gasteiger partial charge in [0.2, 0.25) is 6.29 Å². The maximum atomic E-state index is 10.9. The van der Waals surface area contributed by atoms with Gasteiger partial charge in [0.25, 0.3) is 0 Å². The molecule has 0 aliphatic carbocycles. The van der Waals surface area contributed by atoms with Crippen LogP contribution in [0.4, 0.5) is 0 Å². The largest absolute Gasteiger partial charge is 0.460 e. The van der Waals surface area contributed by atoms with E-state index in [1.807, 2.05) is 13.8 Å². The highest BCUT2D eigenvalue weighted by Gasteiger charge is 2.38. The van der Waals surface area contributed by atoms with Crippen LogP contribution in [0.25, 0.3) is 0 Å². The molecular weight excluding hydrogens is 212 g/mol. The van der Waals surface area contributed by atoms with E-state index in [2.05, 4.69) is 0 Å². The van der Waals surface area contributed by atoms with E-state index in [4.69, 9.17) is 14.2 Å². The highest BCUT2D eigenvalue weighted by Crippen LogP contribution is 2.29. The minimum absolute atomic E-state index is 0.00185. The van der Waals surface area contributed by atoms with Crippen molar-refractivity contribution >= 4 is 11.9 Å². The highest BCUT2D eigenvalue weighted by molar-refractivity contribution is 5.66. The minimum Gasteiger partial charge on any atom is -0.460 e. The third-order valence-corrected chi connectivity index (χ3v) is 2.87. The van der Waals surface area contributed by atoms with Crippen molar-refractivity contribution in [2.45, 2.75) is 40.1 Å². The van der Waals surface area contributed by atoms with Gasteiger partial charge in [-0.2, -0.15) is 0 Å². The summed E-state index contributed by atoms with van der Waals surface area (Å²) in [7, 11) is 0. The average Bonchev–Trinajstić information content (AvgIpc) is 2.16. The van der Waals surface area contributed by atoms with Crippen LogP contribution < -0.4 is 0 Å². The first-order chi connectivity index (χ1) is 7.41. The smallest absolute Gasteiger partial charge is 0.304 e. The topological polar surface area (TPSA) is 61.8 Å². The molecule has 16 heavy (non-hydrogen) atoms. The molecule has 1 heterocycles. The molecule has 0 amide bonds. The first-order valence-corrected chi connectivity index (χ1v) is 5.38. The van der Waals surface area contributed by atoms with Crippen LogP contribution in [0.15, 0.2) is 0 Å². The molecule has 1 rings (SSSR count). The standard InChI is InChI=1S/C11H18O5/c1-6-7(2)11(16-9(4)13)14-5-10(6)15-8(3)12/h6-7,10-11H,5H2,1-4H3/t6-,7+,10-,11?/m0/s1. The number of carbonyl (C=O) groups is 2. The molecule has 1 aliphatic heterocycles. The molecule has 0 aromatic rings. The zero-order valence-electron chi connectivity index (χ0n) is 10.1. The van der Waals surface area contributed by atoms with Gasteiger partial charge in [-0.25, -0.2) is 0 Å². The Labute approximate surface area is 95.0 Å². The lowest BCUT2D eigenvalue weighted by molar-refractivity contribution is -0.231. The molecule has 0 spiro atoms. The summed E-state index contributed by atoms with van der Waals surface area (Å²) in [5.41, 5.74) is 0. The molecule has 0 saturated carbocycles. The molecule has 0 aromatic heterocycles. The van der Waals surface area contributed by atoms with E-state index < -0.39 is 6.29 Å². The maximum Gasteiger partial charge on any atom is 0.304 e. The summed E-state index contributed by atoms with van der Waals surface area (Å²) in [6.45, 7) is 6.85. The lowest BCUT2D eigenvalue weighted by Crippen LogP contribution is -2.46. The third-order valence-electron chi connectivity index (χ3n) is 2.87. The first kappa shape index (κ1) is 13.0. The van der Waals surface area contributed by atoms with Crippen molar-refractivity contribution in [3.05, 3.63) is 0 Å². The number of hydrogen-bond acceptors (Lipinski definition) is 5. The molecule has 1 unspecified atom stereocenters. The van der Waals surface area contributed by atoms with Crippen LogP contribution in [0.5, 0.6) is 0 Å². The van der Waals surface area contributed by atoms with Gasteiger partial charge in [-0.3, -0.25) is 9.59 Å². The first-order valence-electron chi connectivity index (χ1n) is 5.38. The summed E-state index contributed by atoms with van der Waals surface area (Å²) in [6, 6.07) is 0. The number of esters is 2. The average molecular weight is 230 g/mol. The van der Waals surface area contributed by atoms with Gasteiger partial charge >= 0.3 is 11.9 Å². The number of carbonyl (C=O) groups excluding carboxylic acids is 2. The fourth-order valence-corrected chi connectivity index (χ4v) is 1.74. The third kappa shape index (κ3) is 3.20. The quantitative estimate of drug-likeness (QED) is 0.665. The van der Waals surface area contributed by atoms with Gasteiger partial charge in [0.15, 0.2) is 0 Å². The molecular formula is C11H18O5. The van der Waals surface area contributed by atoms with Gasteiger partial charge in [-0.15, -0.1) is 0 Å². The second-order valence-corrected chi connectivity index (χ2v) is 4.18. The molecule has 4 atom stereocenters. The van der Waals surface area contributed by atoms with E-state index in [-0.39, 0.29) is 36.5 Å². The van der Waals surface area contributed by atoms with E-state index in [9.17, 15) is 9.59 Å². The molecule has 1 fully saturated rings. The molecule has 1 saturated heterocycles. The van der Waals surface area contributed by atoms with Crippen molar-refractivity contribution in [1.82, 2.24) is 0 Å². The molecule has 0 radical (unpaired) electrons. The second kappa shape index (κ2) is 5.30. The number of hydrogen-bond donors (Lipinski definition) is 0. The Morgan fingerprint density at radius 3 is 2.12 bits per heavy atom. The minimum atomic E-state index is -0.542. The fraction of sp³-hybridized carbons (Fsp3) is 0.818. The molecule has 1 aliphatic rings. The maximum absolute atomic E-state index is 10.9. The zero-order valence-corrected chi connectivity index (χ0v) is 10.1. The Morgan fingerprint density at radius 1 is 1.06 bits per heavy atom. The predicted octanol–water partition coefficient (Wildman–Crippen LogP) is 1.11.